The number of hydrogen-bond donors (Lipinski definition) is 2. The SMILES string of the molecule is CC(CCCO)c1ccc(C(=O)O)cc1. The van der Waals surface area contributed by atoms with Gasteiger partial charge in [0.05, 0.1) is 5.56 Å². The summed E-state index contributed by atoms with van der Waals surface area (Å²) >= 11 is 0. The third kappa shape index (κ3) is 3.36. The van der Waals surface area contributed by atoms with Gasteiger partial charge >= 0.3 is 5.97 Å². The molecule has 0 spiro atoms. The van der Waals surface area contributed by atoms with Crippen molar-refractivity contribution in [1.29, 1.82) is 0 Å². The van der Waals surface area contributed by atoms with Gasteiger partial charge in [0, 0.05) is 6.61 Å². The summed E-state index contributed by atoms with van der Waals surface area (Å²) in [5.41, 5.74) is 1.43. The number of aliphatic hydroxyl groups excluding tert-OH is 1. The van der Waals surface area contributed by atoms with Crippen molar-refractivity contribution in [2.45, 2.75) is 25.7 Å². The van der Waals surface area contributed by atoms with Crippen LogP contribution in [0, 0.1) is 0 Å². The Balaban J connectivity index is 2.66. The molecule has 1 rings (SSSR count). The van der Waals surface area contributed by atoms with Crippen molar-refractivity contribution in [2.75, 3.05) is 6.61 Å². The largest absolute Gasteiger partial charge is 0.478 e. The molecule has 0 saturated carbocycles. The molecular weight excluding hydrogens is 192 g/mol. The molecule has 1 aromatic rings. The van der Waals surface area contributed by atoms with Crippen molar-refractivity contribution in [2.24, 2.45) is 0 Å². The van der Waals surface area contributed by atoms with E-state index in [0.717, 1.165) is 18.4 Å². The van der Waals surface area contributed by atoms with Gasteiger partial charge in [0.25, 0.3) is 0 Å². The molecule has 1 unspecified atom stereocenters. The summed E-state index contributed by atoms with van der Waals surface area (Å²) in [4.78, 5) is 10.6. The van der Waals surface area contributed by atoms with Gasteiger partial charge in [0.2, 0.25) is 0 Å². The molecule has 0 aliphatic carbocycles. The van der Waals surface area contributed by atoms with E-state index in [-0.39, 0.29) is 6.61 Å². The maximum Gasteiger partial charge on any atom is 0.335 e. The number of carbonyl (C=O) groups is 1. The quantitative estimate of drug-likeness (QED) is 0.780. The minimum Gasteiger partial charge on any atom is -0.478 e. The Kier molecular flexibility index (Phi) is 4.31. The van der Waals surface area contributed by atoms with Gasteiger partial charge in [-0.25, -0.2) is 4.79 Å². The molecule has 1 atom stereocenters. The van der Waals surface area contributed by atoms with Crippen molar-refractivity contribution in [3.63, 3.8) is 0 Å². The summed E-state index contributed by atoms with van der Waals surface area (Å²) in [6.07, 6.45) is 1.70. The van der Waals surface area contributed by atoms with E-state index in [2.05, 4.69) is 6.92 Å². The molecule has 15 heavy (non-hydrogen) atoms. The zero-order chi connectivity index (χ0) is 11.3. The predicted molar refractivity (Wildman–Crippen MR) is 58.1 cm³/mol. The molecule has 3 nitrogen and oxygen atoms in total. The Labute approximate surface area is 89.4 Å². The Hall–Kier alpha value is -1.35. The van der Waals surface area contributed by atoms with Crippen molar-refractivity contribution in [1.82, 2.24) is 0 Å². The minimum atomic E-state index is -0.899. The predicted octanol–water partition coefficient (Wildman–Crippen LogP) is 2.26. The zero-order valence-electron chi connectivity index (χ0n) is 8.81. The first kappa shape index (κ1) is 11.7. The third-order valence-corrected chi connectivity index (χ3v) is 2.52. The average molecular weight is 208 g/mol. The first-order valence-corrected chi connectivity index (χ1v) is 5.09. The normalized spacial score (nSPS) is 12.4. The first-order valence-electron chi connectivity index (χ1n) is 5.09. The third-order valence-electron chi connectivity index (χ3n) is 2.52. The molecule has 0 radical (unpaired) electrons. The maximum atomic E-state index is 10.6. The van der Waals surface area contributed by atoms with Gasteiger partial charge in [-0.15, -0.1) is 0 Å². The van der Waals surface area contributed by atoms with Gasteiger partial charge in [0.1, 0.15) is 0 Å². The highest BCUT2D eigenvalue weighted by Gasteiger charge is 2.06. The molecule has 82 valence electrons. The molecule has 0 heterocycles. The lowest BCUT2D eigenvalue weighted by atomic mass is 9.95. The fraction of sp³-hybridized carbons (Fsp3) is 0.417. The van der Waals surface area contributed by atoms with Crippen LogP contribution in [0.5, 0.6) is 0 Å². The van der Waals surface area contributed by atoms with E-state index in [1.165, 1.54) is 0 Å². The first-order chi connectivity index (χ1) is 7.15. The van der Waals surface area contributed by atoms with Crippen LogP contribution in [-0.2, 0) is 0 Å². The molecular formula is C12H16O3. The van der Waals surface area contributed by atoms with E-state index in [4.69, 9.17) is 10.2 Å². The van der Waals surface area contributed by atoms with E-state index < -0.39 is 5.97 Å². The van der Waals surface area contributed by atoms with Crippen molar-refractivity contribution in [3.05, 3.63) is 35.4 Å². The lowest BCUT2D eigenvalue weighted by molar-refractivity contribution is 0.0697. The molecule has 0 saturated heterocycles. The van der Waals surface area contributed by atoms with Crippen LogP contribution in [0.4, 0.5) is 0 Å². The number of rotatable bonds is 5. The number of benzene rings is 1. The number of aliphatic hydroxyl groups is 1. The molecule has 0 aromatic heterocycles. The molecule has 0 aliphatic rings. The highest BCUT2D eigenvalue weighted by atomic mass is 16.4. The summed E-state index contributed by atoms with van der Waals surface area (Å²) < 4.78 is 0. The zero-order valence-corrected chi connectivity index (χ0v) is 8.81. The summed E-state index contributed by atoms with van der Waals surface area (Å²) in [7, 11) is 0. The fourth-order valence-electron chi connectivity index (χ4n) is 1.52. The molecule has 0 bridgehead atoms. The van der Waals surface area contributed by atoms with Crippen LogP contribution in [-0.4, -0.2) is 22.8 Å². The molecule has 3 heteroatoms. The smallest absolute Gasteiger partial charge is 0.335 e. The second-order valence-electron chi connectivity index (χ2n) is 3.69. The van der Waals surface area contributed by atoms with Crippen LogP contribution < -0.4 is 0 Å². The number of hydrogen-bond acceptors (Lipinski definition) is 2. The molecule has 1 aromatic carbocycles. The van der Waals surface area contributed by atoms with E-state index in [9.17, 15) is 4.79 Å². The van der Waals surface area contributed by atoms with E-state index in [1.54, 1.807) is 12.1 Å². The Morgan fingerprint density at radius 2 is 1.93 bits per heavy atom. The second kappa shape index (κ2) is 5.51. The van der Waals surface area contributed by atoms with Crippen LogP contribution in [0.15, 0.2) is 24.3 Å². The molecule has 0 aliphatic heterocycles. The number of carboxylic acid groups (broad SMARTS) is 1. The van der Waals surface area contributed by atoms with Gasteiger partial charge in [-0.3, -0.25) is 0 Å². The van der Waals surface area contributed by atoms with Gasteiger partial charge in [-0.1, -0.05) is 19.1 Å². The fourth-order valence-corrected chi connectivity index (χ4v) is 1.52. The van der Waals surface area contributed by atoms with Crippen LogP contribution in [0.3, 0.4) is 0 Å². The Bertz CT molecular complexity index is 316. The second-order valence-corrected chi connectivity index (χ2v) is 3.69. The van der Waals surface area contributed by atoms with Gasteiger partial charge in [-0.05, 0) is 36.5 Å². The van der Waals surface area contributed by atoms with E-state index in [0.29, 0.717) is 11.5 Å². The van der Waals surface area contributed by atoms with E-state index >= 15 is 0 Å². The lowest BCUT2D eigenvalue weighted by Crippen LogP contribution is -1.99. The number of aromatic carboxylic acids is 1. The summed E-state index contributed by atoms with van der Waals surface area (Å²) in [6.45, 7) is 2.28. The van der Waals surface area contributed by atoms with Crippen LogP contribution in [0.25, 0.3) is 0 Å². The molecule has 0 fully saturated rings. The van der Waals surface area contributed by atoms with Crippen LogP contribution in [0.1, 0.15) is 41.6 Å². The summed E-state index contributed by atoms with van der Waals surface area (Å²) in [5.74, 6) is -0.537. The minimum absolute atomic E-state index is 0.206. The van der Waals surface area contributed by atoms with Crippen molar-refractivity contribution in [3.8, 4) is 0 Å². The Morgan fingerprint density at radius 3 is 2.40 bits per heavy atom. The van der Waals surface area contributed by atoms with Gasteiger partial charge in [-0.2, -0.15) is 0 Å². The number of carboxylic acids is 1. The lowest BCUT2D eigenvalue weighted by Gasteiger charge is -2.10. The molecule has 2 N–H and O–H groups in total. The van der Waals surface area contributed by atoms with Crippen LogP contribution in [0.2, 0.25) is 0 Å². The molecule has 0 amide bonds. The highest BCUT2D eigenvalue weighted by molar-refractivity contribution is 5.87. The monoisotopic (exact) mass is 208 g/mol. The van der Waals surface area contributed by atoms with Gasteiger partial charge < -0.3 is 10.2 Å². The summed E-state index contributed by atoms with van der Waals surface area (Å²) in [5, 5.41) is 17.4. The maximum absolute atomic E-state index is 10.6. The topological polar surface area (TPSA) is 57.5 Å². The van der Waals surface area contributed by atoms with Gasteiger partial charge in [0.15, 0.2) is 0 Å². The van der Waals surface area contributed by atoms with Crippen LogP contribution >= 0.6 is 0 Å². The average Bonchev–Trinajstić information content (AvgIpc) is 2.26. The van der Waals surface area contributed by atoms with Crippen molar-refractivity contribution >= 4 is 5.97 Å². The van der Waals surface area contributed by atoms with Crippen molar-refractivity contribution < 1.29 is 15.0 Å². The van der Waals surface area contributed by atoms with E-state index in [1.807, 2.05) is 12.1 Å². The Morgan fingerprint density at radius 1 is 1.33 bits per heavy atom. The standard InChI is InChI=1S/C12H16O3/c1-9(3-2-8-13)10-4-6-11(7-5-10)12(14)15/h4-7,9,13H,2-3,8H2,1H3,(H,14,15). The summed E-state index contributed by atoms with van der Waals surface area (Å²) in [6, 6.07) is 6.91. The highest BCUT2D eigenvalue weighted by Crippen LogP contribution is 2.20.